The van der Waals surface area contributed by atoms with Gasteiger partial charge < -0.3 is 0 Å². The molecule has 1 aromatic carbocycles. The third-order valence-corrected chi connectivity index (χ3v) is 2.64. The minimum atomic E-state index is -0.767. The minimum Gasteiger partial charge on any atom is -0.273 e. The molecule has 7 heteroatoms. The number of rotatable bonds is 1. The molecule has 0 amide bonds. The fraction of sp³-hybridized carbons (Fsp3) is 0. The zero-order valence-electron chi connectivity index (χ0n) is 9.35. The monoisotopic (exact) mass is 272 g/mol. The molecule has 1 aromatic heterocycles. The lowest BCUT2D eigenvalue weighted by Crippen LogP contribution is -2.30. The van der Waals surface area contributed by atoms with Crippen LogP contribution in [0.15, 0.2) is 34.0 Å². The second-order valence-electron chi connectivity index (χ2n) is 3.56. The molecule has 0 saturated carbocycles. The predicted octanol–water partition coefficient (Wildman–Crippen LogP) is 0.923. The Morgan fingerprint density at radius 1 is 1.16 bits per heavy atom. The van der Waals surface area contributed by atoms with Gasteiger partial charge in [0.2, 0.25) is 0 Å². The summed E-state index contributed by atoms with van der Waals surface area (Å²) in [5, 5.41) is 18.1. The Kier molecular flexibility index (Phi) is 3.19. The second-order valence-corrected chi connectivity index (χ2v) is 3.99. The van der Waals surface area contributed by atoms with Crippen molar-refractivity contribution in [3.63, 3.8) is 0 Å². The number of benzene rings is 1. The molecule has 0 saturated heterocycles. The number of halogens is 1. The normalized spacial score (nSPS) is 9.63. The number of aromatic nitrogens is 2. The zero-order chi connectivity index (χ0) is 14.0. The lowest BCUT2D eigenvalue weighted by molar-refractivity contribution is 0.887. The van der Waals surface area contributed by atoms with Crippen LogP contribution in [0, 0.1) is 22.7 Å². The van der Waals surface area contributed by atoms with Crippen molar-refractivity contribution in [3.05, 3.63) is 61.4 Å². The first-order valence-corrected chi connectivity index (χ1v) is 5.40. The topological polar surface area (TPSA) is 102 Å². The molecule has 6 nitrogen and oxygen atoms in total. The van der Waals surface area contributed by atoms with Gasteiger partial charge in [-0.3, -0.25) is 14.3 Å². The van der Waals surface area contributed by atoms with Gasteiger partial charge in [0.1, 0.15) is 17.7 Å². The van der Waals surface area contributed by atoms with Crippen LogP contribution >= 0.6 is 11.6 Å². The molecule has 0 aliphatic heterocycles. The van der Waals surface area contributed by atoms with Crippen LogP contribution in [0.4, 0.5) is 0 Å². The fourth-order valence-electron chi connectivity index (χ4n) is 1.54. The fourth-order valence-corrected chi connectivity index (χ4v) is 1.71. The lowest BCUT2D eigenvalue weighted by Gasteiger charge is -2.07. The number of nitriles is 2. The summed E-state index contributed by atoms with van der Waals surface area (Å²) in [7, 11) is 0. The van der Waals surface area contributed by atoms with Crippen molar-refractivity contribution >= 4 is 11.6 Å². The van der Waals surface area contributed by atoms with Gasteiger partial charge in [-0.2, -0.15) is 10.5 Å². The number of aromatic amines is 1. The number of nitrogens with zero attached hydrogens (tertiary/aromatic N) is 3. The maximum Gasteiger partial charge on any atom is 0.333 e. The summed E-state index contributed by atoms with van der Waals surface area (Å²) in [6.07, 6.45) is 1.09. The quantitative estimate of drug-likeness (QED) is 0.834. The van der Waals surface area contributed by atoms with Crippen molar-refractivity contribution in [3.8, 4) is 17.8 Å². The Morgan fingerprint density at radius 2 is 1.84 bits per heavy atom. The van der Waals surface area contributed by atoms with Gasteiger partial charge in [0, 0.05) is 11.2 Å². The minimum absolute atomic E-state index is 0.158. The molecular formula is C12H5ClN4O2. The molecule has 0 bridgehead atoms. The highest BCUT2D eigenvalue weighted by molar-refractivity contribution is 6.30. The van der Waals surface area contributed by atoms with Crippen LogP contribution < -0.4 is 11.2 Å². The van der Waals surface area contributed by atoms with Gasteiger partial charge in [0.05, 0.1) is 11.3 Å². The smallest absolute Gasteiger partial charge is 0.273 e. The Labute approximate surface area is 111 Å². The van der Waals surface area contributed by atoms with E-state index in [2.05, 4.69) is 0 Å². The van der Waals surface area contributed by atoms with Gasteiger partial charge in [-0.25, -0.2) is 4.79 Å². The predicted molar refractivity (Wildman–Crippen MR) is 67.1 cm³/mol. The second kappa shape index (κ2) is 4.81. The van der Waals surface area contributed by atoms with E-state index in [0.29, 0.717) is 5.02 Å². The van der Waals surface area contributed by atoms with Crippen LogP contribution in [0.2, 0.25) is 5.02 Å². The van der Waals surface area contributed by atoms with Gasteiger partial charge in [0.15, 0.2) is 0 Å². The molecular weight excluding hydrogens is 268 g/mol. The Bertz CT molecular complexity index is 852. The van der Waals surface area contributed by atoms with E-state index in [4.69, 9.17) is 22.1 Å². The Morgan fingerprint density at radius 3 is 2.47 bits per heavy atom. The molecule has 1 heterocycles. The number of hydrogen-bond acceptors (Lipinski definition) is 4. The first kappa shape index (κ1) is 12.6. The van der Waals surface area contributed by atoms with Crippen LogP contribution in [0.1, 0.15) is 11.1 Å². The summed E-state index contributed by atoms with van der Waals surface area (Å²) in [4.78, 5) is 25.0. The molecule has 19 heavy (non-hydrogen) atoms. The Balaban J connectivity index is 2.81. The summed E-state index contributed by atoms with van der Waals surface area (Å²) in [6, 6.07) is 7.91. The van der Waals surface area contributed by atoms with E-state index in [9.17, 15) is 9.59 Å². The van der Waals surface area contributed by atoms with E-state index < -0.39 is 11.2 Å². The van der Waals surface area contributed by atoms with E-state index in [1.807, 2.05) is 11.1 Å². The highest BCUT2D eigenvalue weighted by Crippen LogP contribution is 2.17. The van der Waals surface area contributed by atoms with Crippen molar-refractivity contribution in [2.24, 2.45) is 0 Å². The number of H-pyrrole nitrogens is 1. The van der Waals surface area contributed by atoms with E-state index >= 15 is 0 Å². The molecule has 0 aliphatic rings. The van der Waals surface area contributed by atoms with Crippen molar-refractivity contribution < 1.29 is 0 Å². The SMILES string of the molecule is N#Cc1cc(Cl)ccc1-n1cc(C#N)c(=O)[nH]c1=O. The van der Waals surface area contributed by atoms with Gasteiger partial charge in [0.25, 0.3) is 5.56 Å². The molecule has 0 fully saturated rings. The zero-order valence-corrected chi connectivity index (χ0v) is 10.1. The molecule has 1 N–H and O–H groups in total. The maximum absolute atomic E-state index is 11.7. The summed E-state index contributed by atoms with van der Waals surface area (Å²) in [6.45, 7) is 0. The first-order valence-electron chi connectivity index (χ1n) is 5.03. The largest absolute Gasteiger partial charge is 0.333 e. The molecule has 0 atom stereocenters. The average Bonchev–Trinajstić information content (AvgIpc) is 2.39. The van der Waals surface area contributed by atoms with Gasteiger partial charge in [-0.15, -0.1) is 0 Å². The standard InChI is InChI=1S/C12H5ClN4O2/c13-9-1-2-10(7(3-9)4-14)17-6-8(5-15)11(18)16-12(17)19/h1-3,6H,(H,16,18,19). The van der Waals surface area contributed by atoms with E-state index in [1.54, 1.807) is 6.07 Å². The van der Waals surface area contributed by atoms with Crippen LogP contribution in [0.3, 0.4) is 0 Å². The molecule has 0 unspecified atom stereocenters. The summed E-state index contributed by atoms with van der Waals surface area (Å²) in [5.74, 6) is 0. The Hall–Kier alpha value is -2.83. The van der Waals surface area contributed by atoms with Crippen LogP contribution in [-0.2, 0) is 0 Å². The summed E-state index contributed by atoms with van der Waals surface area (Å²) in [5.41, 5.74) is -1.33. The van der Waals surface area contributed by atoms with Crippen LogP contribution in [0.25, 0.3) is 5.69 Å². The molecule has 92 valence electrons. The average molecular weight is 273 g/mol. The molecule has 2 aromatic rings. The summed E-state index contributed by atoms with van der Waals surface area (Å²) < 4.78 is 1.02. The third-order valence-electron chi connectivity index (χ3n) is 2.40. The van der Waals surface area contributed by atoms with Crippen molar-refractivity contribution in [1.82, 2.24) is 9.55 Å². The highest BCUT2D eigenvalue weighted by Gasteiger charge is 2.10. The van der Waals surface area contributed by atoms with Gasteiger partial charge in [-0.05, 0) is 18.2 Å². The van der Waals surface area contributed by atoms with Gasteiger partial charge in [-0.1, -0.05) is 11.6 Å². The molecule has 0 radical (unpaired) electrons. The first-order chi connectivity index (χ1) is 9.06. The van der Waals surface area contributed by atoms with Crippen molar-refractivity contribution in [2.75, 3.05) is 0 Å². The van der Waals surface area contributed by atoms with Crippen molar-refractivity contribution in [2.45, 2.75) is 0 Å². The highest BCUT2D eigenvalue weighted by atomic mass is 35.5. The van der Waals surface area contributed by atoms with E-state index in [-0.39, 0.29) is 16.8 Å². The number of nitrogens with one attached hydrogen (secondary N) is 1. The number of hydrogen-bond donors (Lipinski definition) is 1. The lowest BCUT2D eigenvalue weighted by atomic mass is 10.2. The van der Waals surface area contributed by atoms with E-state index in [0.717, 1.165) is 10.8 Å². The molecule has 2 rings (SSSR count). The van der Waals surface area contributed by atoms with E-state index in [1.165, 1.54) is 18.2 Å². The third kappa shape index (κ3) is 2.25. The summed E-state index contributed by atoms with van der Waals surface area (Å²) >= 11 is 5.76. The molecule has 0 spiro atoms. The van der Waals surface area contributed by atoms with Gasteiger partial charge >= 0.3 is 5.69 Å². The van der Waals surface area contributed by atoms with Crippen LogP contribution in [0.5, 0.6) is 0 Å². The van der Waals surface area contributed by atoms with Crippen molar-refractivity contribution in [1.29, 1.82) is 10.5 Å². The molecule has 0 aliphatic carbocycles. The maximum atomic E-state index is 11.7. The van der Waals surface area contributed by atoms with Crippen LogP contribution in [-0.4, -0.2) is 9.55 Å².